The van der Waals surface area contributed by atoms with Crippen molar-refractivity contribution in [2.24, 2.45) is 5.73 Å². The number of nitrogens with zero attached hydrogens (tertiary/aromatic N) is 1. The van der Waals surface area contributed by atoms with E-state index in [1.807, 2.05) is 6.92 Å². The third-order valence-corrected chi connectivity index (χ3v) is 1.26. The minimum Gasteiger partial charge on any atom is -0.446 e. The Morgan fingerprint density at radius 1 is 1.64 bits per heavy atom. The Labute approximate surface area is 72.4 Å². The highest BCUT2D eigenvalue weighted by atomic mass is 35.5. The molecule has 4 heteroatoms. The van der Waals surface area contributed by atoms with Gasteiger partial charge in [0.15, 0.2) is 5.89 Å². The fraction of sp³-hybridized carbons (Fsp3) is 0.571. The molecular weight excluding hydrogens is 164 g/mol. The average molecular weight is 177 g/mol. The molecule has 0 saturated heterocycles. The summed E-state index contributed by atoms with van der Waals surface area (Å²) in [6.07, 6.45) is 3.52. The lowest BCUT2D eigenvalue weighted by molar-refractivity contribution is 0.466. The van der Waals surface area contributed by atoms with E-state index in [4.69, 9.17) is 10.2 Å². The highest BCUT2D eigenvalue weighted by molar-refractivity contribution is 5.85. The van der Waals surface area contributed by atoms with Crippen LogP contribution >= 0.6 is 12.4 Å². The van der Waals surface area contributed by atoms with Gasteiger partial charge >= 0.3 is 0 Å². The second-order valence-electron chi connectivity index (χ2n) is 2.26. The van der Waals surface area contributed by atoms with Crippen LogP contribution in [0.15, 0.2) is 10.6 Å². The molecule has 2 N–H and O–H groups in total. The summed E-state index contributed by atoms with van der Waals surface area (Å²) in [5.41, 5.74) is 5.31. The molecule has 64 valence electrons. The maximum Gasteiger partial charge on any atom is 0.194 e. The van der Waals surface area contributed by atoms with E-state index in [1.54, 1.807) is 6.20 Å². The first-order chi connectivity index (χ1) is 4.83. The molecule has 0 bridgehead atoms. The van der Waals surface area contributed by atoms with E-state index >= 15 is 0 Å². The molecule has 0 amide bonds. The Bertz CT molecular complexity index is 200. The number of aromatic nitrogens is 1. The van der Waals surface area contributed by atoms with Crippen LogP contribution in [0.4, 0.5) is 0 Å². The molecule has 11 heavy (non-hydrogen) atoms. The van der Waals surface area contributed by atoms with Crippen LogP contribution < -0.4 is 5.73 Å². The molecule has 0 spiro atoms. The smallest absolute Gasteiger partial charge is 0.194 e. The molecule has 1 aromatic heterocycles. The molecule has 0 saturated carbocycles. The van der Waals surface area contributed by atoms with Crippen molar-refractivity contribution in [2.75, 3.05) is 6.54 Å². The number of halogens is 1. The van der Waals surface area contributed by atoms with Crippen molar-refractivity contribution in [3.63, 3.8) is 0 Å². The van der Waals surface area contributed by atoms with Gasteiger partial charge in [-0.25, -0.2) is 4.98 Å². The fourth-order valence-electron chi connectivity index (χ4n) is 0.770. The van der Waals surface area contributed by atoms with Gasteiger partial charge in [-0.05, 0) is 19.9 Å². The number of rotatable bonds is 3. The van der Waals surface area contributed by atoms with Crippen molar-refractivity contribution in [2.45, 2.75) is 19.8 Å². The van der Waals surface area contributed by atoms with E-state index in [1.165, 1.54) is 0 Å². The lowest BCUT2D eigenvalue weighted by Gasteiger charge is -1.89. The lowest BCUT2D eigenvalue weighted by Crippen LogP contribution is -2.00. The number of nitrogens with two attached hydrogens (primary N) is 1. The van der Waals surface area contributed by atoms with Gasteiger partial charge in [-0.15, -0.1) is 12.4 Å². The number of aryl methyl sites for hydroxylation is 2. The van der Waals surface area contributed by atoms with Gasteiger partial charge in [0.25, 0.3) is 0 Å². The summed E-state index contributed by atoms with van der Waals surface area (Å²) in [4.78, 5) is 4.03. The summed E-state index contributed by atoms with van der Waals surface area (Å²) in [6.45, 7) is 2.58. The van der Waals surface area contributed by atoms with E-state index in [2.05, 4.69) is 4.98 Å². The van der Waals surface area contributed by atoms with E-state index in [9.17, 15) is 0 Å². The van der Waals surface area contributed by atoms with Gasteiger partial charge in [-0.1, -0.05) is 0 Å². The standard InChI is InChI=1S/C7H12N2O.ClH/c1-6-5-9-7(10-6)3-2-4-8;/h5H,2-4,8H2,1H3;1H. The van der Waals surface area contributed by atoms with Crippen LogP contribution in [0, 0.1) is 6.92 Å². The number of hydrogen-bond donors (Lipinski definition) is 1. The van der Waals surface area contributed by atoms with Crippen molar-refractivity contribution in [3.05, 3.63) is 17.8 Å². The van der Waals surface area contributed by atoms with Crippen LogP contribution in [-0.4, -0.2) is 11.5 Å². The molecule has 0 aromatic carbocycles. The molecule has 0 aliphatic carbocycles. The molecule has 3 nitrogen and oxygen atoms in total. The first-order valence-corrected chi connectivity index (χ1v) is 3.44. The van der Waals surface area contributed by atoms with Gasteiger partial charge in [0.05, 0.1) is 6.20 Å². The summed E-state index contributed by atoms with van der Waals surface area (Å²) >= 11 is 0. The Morgan fingerprint density at radius 3 is 2.82 bits per heavy atom. The molecule has 0 unspecified atom stereocenters. The summed E-state index contributed by atoms with van der Waals surface area (Å²) in [5, 5.41) is 0. The van der Waals surface area contributed by atoms with Gasteiger partial charge < -0.3 is 10.2 Å². The average Bonchev–Trinajstić information content (AvgIpc) is 2.31. The monoisotopic (exact) mass is 176 g/mol. The summed E-state index contributed by atoms with van der Waals surface area (Å²) < 4.78 is 5.22. The Hall–Kier alpha value is -0.540. The van der Waals surface area contributed by atoms with Crippen LogP contribution in [0.1, 0.15) is 18.1 Å². The topological polar surface area (TPSA) is 52.0 Å². The zero-order valence-electron chi connectivity index (χ0n) is 6.54. The molecule has 0 aliphatic rings. The molecule has 0 atom stereocenters. The normalized spacial score (nSPS) is 9.27. The Balaban J connectivity index is 0.000001000. The Kier molecular flexibility index (Phi) is 4.90. The van der Waals surface area contributed by atoms with E-state index in [-0.39, 0.29) is 12.4 Å². The highest BCUT2D eigenvalue weighted by Crippen LogP contribution is 2.02. The number of hydrogen-bond acceptors (Lipinski definition) is 3. The predicted octanol–water partition coefficient (Wildman–Crippen LogP) is 1.30. The van der Waals surface area contributed by atoms with Crippen LogP contribution in [-0.2, 0) is 6.42 Å². The second-order valence-corrected chi connectivity index (χ2v) is 2.26. The van der Waals surface area contributed by atoms with Crippen LogP contribution in [0.25, 0.3) is 0 Å². The zero-order valence-corrected chi connectivity index (χ0v) is 7.36. The first-order valence-electron chi connectivity index (χ1n) is 3.44. The van der Waals surface area contributed by atoms with Gasteiger partial charge in [-0.3, -0.25) is 0 Å². The van der Waals surface area contributed by atoms with E-state index in [0.717, 1.165) is 24.5 Å². The van der Waals surface area contributed by atoms with Gasteiger partial charge in [0.2, 0.25) is 0 Å². The van der Waals surface area contributed by atoms with Gasteiger partial charge in [0, 0.05) is 6.42 Å². The summed E-state index contributed by atoms with van der Waals surface area (Å²) in [5.74, 6) is 1.66. The minimum atomic E-state index is 0. The molecular formula is C7H13ClN2O. The molecule has 0 aliphatic heterocycles. The maximum atomic E-state index is 5.31. The van der Waals surface area contributed by atoms with Crippen molar-refractivity contribution in [1.82, 2.24) is 4.98 Å². The number of oxazole rings is 1. The van der Waals surface area contributed by atoms with Gasteiger partial charge in [-0.2, -0.15) is 0 Å². The maximum absolute atomic E-state index is 5.31. The van der Waals surface area contributed by atoms with Crippen LogP contribution in [0.3, 0.4) is 0 Å². The zero-order chi connectivity index (χ0) is 7.40. The van der Waals surface area contributed by atoms with Crippen molar-refractivity contribution in [3.8, 4) is 0 Å². The van der Waals surface area contributed by atoms with Gasteiger partial charge in [0.1, 0.15) is 5.76 Å². The molecule has 0 fully saturated rings. The third kappa shape index (κ3) is 3.39. The molecule has 1 aromatic rings. The van der Waals surface area contributed by atoms with Crippen LogP contribution in [0.2, 0.25) is 0 Å². The first kappa shape index (κ1) is 10.5. The largest absolute Gasteiger partial charge is 0.446 e. The molecule has 0 radical (unpaired) electrons. The van der Waals surface area contributed by atoms with E-state index in [0.29, 0.717) is 6.54 Å². The molecule has 1 heterocycles. The third-order valence-electron chi connectivity index (χ3n) is 1.26. The minimum absolute atomic E-state index is 0. The fourth-order valence-corrected chi connectivity index (χ4v) is 0.770. The van der Waals surface area contributed by atoms with Crippen molar-refractivity contribution < 1.29 is 4.42 Å². The van der Waals surface area contributed by atoms with Crippen molar-refractivity contribution in [1.29, 1.82) is 0 Å². The summed E-state index contributed by atoms with van der Waals surface area (Å²) in [7, 11) is 0. The lowest BCUT2D eigenvalue weighted by atomic mass is 10.3. The SMILES string of the molecule is Cc1cnc(CCCN)o1.Cl. The van der Waals surface area contributed by atoms with E-state index < -0.39 is 0 Å². The van der Waals surface area contributed by atoms with Crippen LogP contribution in [0.5, 0.6) is 0 Å². The quantitative estimate of drug-likeness (QED) is 0.756. The van der Waals surface area contributed by atoms with Crippen molar-refractivity contribution >= 4 is 12.4 Å². The second kappa shape index (κ2) is 5.16. The Morgan fingerprint density at radius 2 is 2.36 bits per heavy atom. The summed E-state index contributed by atoms with van der Waals surface area (Å²) in [6, 6.07) is 0. The predicted molar refractivity (Wildman–Crippen MR) is 45.9 cm³/mol. The molecule has 1 rings (SSSR count). The highest BCUT2D eigenvalue weighted by Gasteiger charge is 1.97.